The monoisotopic (exact) mass is 617 g/mol. The van der Waals surface area contributed by atoms with Crippen molar-refractivity contribution in [1.82, 2.24) is 0 Å². The molecule has 0 bridgehead atoms. The van der Waals surface area contributed by atoms with Gasteiger partial charge in [-0.15, -0.1) is 0 Å². The predicted octanol–water partition coefficient (Wildman–Crippen LogP) is 7.30. The Morgan fingerprint density at radius 3 is 2.08 bits per heavy atom. The summed E-state index contributed by atoms with van der Waals surface area (Å²) in [6.45, 7) is 12.0. The number of hydrogen-bond acceptors (Lipinski definition) is 6. The maximum atomic E-state index is 13.0. The molecule has 0 radical (unpaired) electrons. The Hall–Kier alpha value is -3.07. The van der Waals surface area contributed by atoms with E-state index in [2.05, 4.69) is 59.2 Å². The standard InChI is InChI=1S/C31H44BrN3O5/c1-22(2)19-35(20-23(3)4)28-15-11-25(12-16-30(37)40-21-39-29(36)8-6-7-17-32)18-27(28)34-31(38)33-26-13-9-24(5)10-14-26/h9-11,13-15,18,22-23H,6-8,12,16-17,19-21H2,1-5H3,(H2,33,34,38). The van der Waals surface area contributed by atoms with Gasteiger partial charge in [-0.3, -0.25) is 9.59 Å². The number of anilines is 3. The molecule has 0 aliphatic rings. The highest BCUT2D eigenvalue weighted by molar-refractivity contribution is 9.09. The Morgan fingerprint density at radius 2 is 1.48 bits per heavy atom. The molecular weight excluding hydrogens is 574 g/mol. The van der Waals surface area contributed by atoms with Crippen LogP contribution >= 0.6 is 15.9 Å². The van der Waals surface area contributed by atoms with Crippen LogP contribution in [0, 0.1) is 18.8 Å². The van der Waals surface area contributed by atoms with Gasteiger partial charge < -0.3 is 25.0 Å². The lowest BCUT2D eigenvalue weighted by Gasteiger charge is -2.30. The molecule has 0 spiro atoms. The molecule has 0 aromatic heterocycles. The molecule has 9 heteroatoms. The molecule has 40 heavy (non-hydrogen) atoms. The van der Waals surface area contributed by atoms with E-state index in [1.807, 2.05) is 49.4 Å². The van der Waals surface area contributed by atoms with E-state index in [-0.39, 0.29) is 25.2 Å². The topological polar surface area (TPSA) is 97.0 Å². The summed E-state index contributed by atoms with van der Waals surface area (Å²) in [5.74, 6) is 0.0309. The summed E-state index contributed by atoms with van der Waals surface area (Å²) < 4.78 is 10.1. The first-order chi connectivity index (χ1) is 19.1. The Labute approximate surface area is 247 Å². The lowest BCUT2D eigenvalue weighted by atomic mass is 10.1. The molecule has 0 aliphatic carbocycles. The number of nitrogens with zero attached hydrogens (tertiary/aromatic N) is 1. The van der Waals surface area contributed by atoms with E-state index in [4.69, 9.17) is 9.47 Å². The maximum absolute atomic E-state index is 13.0. The summed E-state index contributed by atoms with van der Waals surface area (Å²) in [6, 6.07) is 13.2. The van der Waals surface area contributed by atoms with Crippen LogP contribution in [-0.2, 0) is 25.5 Å². The predicted molar refractivity (Wildman–Crippen MR) is 165 cm³/mol. The highest BCUT2D eigenvalue weighted by Crippen LogP contribution is 2.30. The first kappa shape index (κ1) is 33.1. The number of esters is 2. The van der Waals surface area contributed by atoms with E-state index >= 15 is 0 Å². The van der Waals surface area contributed by atoms with Gasteiger partial charge >= 0.3 is 18.0 Å². The minimum Gasteiger partial charge on any atom is -0.428 e. The zero-order valence-corrected chi connectivity index (χ0v) is 26.0. The van der Waals surface area contributed by atoms with Crippen molar-refractivity contribution in [1.29, 1.82) is 0 Å². The van der Waals surface area contributed by atoms with Gasteiger partial charge in [-0.1, -0.05) is 67.4 Å². The number of rotatable bonds is 16. The molecule has 2 amide bonds. The third-order valence-corrected chi connectivity index (χ3v) is 6.51. The van der Waals surface area contributed by atoms with Crippen molar-refractivity contribution in [3.05, 3.63) is 53.6 Å². The highest BCUT2D eigenvalue weighted by atomic mass is 79.9. The number of urea groups is 1. The van der Waals surface area contributed by atoms with Gasteiger partial charge in [0.05, 0.1) is 11.4 Å². The van der Waals surface area contributed by atoms with Gasteiger partial charge in [-0.25, -0.2) is 4.79 Å². The fraction of sp³-hybridized carbons (Fsp3) is 0.516. The van der Waals surface area contributed by atoms with Gasteiger partial charge in [0.2, 0.25) is 6.79 Å². The number of ether oxygens (including phenoxy) is 2. The number of unbranched alkanes of at least 4 members (excludes halogenated alkanes) is 1. The molecule has 2 aromatic carbocycles. The number of amides is 2. The smallest absolute Gasteiger partial charge is 0.323 e. The molecule has 0 heterocycles. The van der Waals surface area contributed by atoms with Crippen molar-refractivity contribution in [3.8, 4) is 0 Å². The normalized spacial score (nSPS) is 10.9. The van der Waals surface area contributed by atoms with E-state index < -0.39 is 5.97 Å². The molecule has 2 N–H and O–H groups in total. The minimum absolute atomic E-state index is 0.122. The van der Waals surface area contributed by atoms with Crippen LogP contribution in [0.4, 0.5) is 21.9 Å². The van der Waals surface area contributed by atoms with Crippen LogP contribution in [0.2, 0.25) is 0 Å². The number of halogens is 1. The van der Waals surface area contributed by atoms with Crippen LogP contribution in [0.3, 0.4) is 0 Å². The van der Waals surface area contributed by atoms with Gasteiger partial charge in [0, 0.05) is 36.9 Å². The Bertz CT molecular complexity index is 1080. The fourth-order valence-electron chi connectivity index (χ4n) is 4.10. The summed E-state index contributed by atoms with van der Waals surface area (Å²) in [5.41, 5.74) is 4.30. The van der Waals surface area contributed by atoms with Crippen molar-refractivity contribution in [3.63, 3.8) is 0 Å². The van der Waals surface area contributed by atoms with Gasteiger partial charge in [0.15, 0.2) is 0 Å². The number of carbonyl (C=O) groups excluding carboxylic acids is 3. The largest absolute Gasteiger partial charge is 0.428 e. The third kappa shape index (κ3) is 12.9. The second kappa shape index (κ2) is 17.6. The lowest BCUT2D eigenvalue weighted by Crippen LogP contribution is -2.32. The van der Waals surface area contributed by atoms with Gasteiger partial charge in [-0.2, -0.15) is 0 Å². The molecule has 0 saturated carbocycles. The van der Waals surface area contributed by atoms with Crippen molar-refractivity contribution in [2.75, 3.05) is 40.7 Å². The van der Waals surface area contributed by atoms with E-state index in [9.17, 15) is 14.4 Å². The van der Waals surface area contributed by atoms with E-state index in [0.29, 0.717) is 36.1 Å². The summed E-state index contributed by atoms with van der Waals surface area (Å²) in [4.78, 5) is 39.2. The number of aryl methyl sites for hydroxylation is 2. The lowest BCUT2D eigenvalue weighted by molar-refractivity contribution is -0.167. The van der Waals surface area contributed by atoms with Crippen molar-refractivity contribution >= 4 is 51.0 Å². The van der Waals surface area contributed by atoms with Crippen LogP contribution < -0.4 is 15.5 Å². The highest BCUT2D eigenvalue weighted by Gasteiger charge is 2.17. The quantitative estimate of drug-likeness (QED) is 0.0887. The number of carbonyl (C=O) groups is 3. The molecule has 0 unspecified atom stereocenters. The van der Waals surface area contributed by atoms with Crippen LogP contribution in [-0.4, -0.2) is 43.2 Å². The maximum Gasteiger partial charge on any atom is 0.323 e. The first-order valence-electron chi connectivity index (χ1n) is 14.0. The van der Waals surface area contributed by atoms with Crippen molar-refractivity contribution in [2.45, 2.75) is 66.7 Å². The molecule has 0 aliphatic heterocycles. The average molecular weight is 619 g/mol. The summed E-state index contributed by atoms with van der Waals surface area (Å²) >= 11 is 3.32. The number of hydrogen-bond donors (Lipinski definition) is 2. The minimum atomic E-state index is -0.454. The molecule has 8 nitrogen and oxygen atoms in total. The second-order valence-corrected chi connectivity index (χ2v) is 11.6. The average Bonchev–Trinajstić information content (AvgIpc) is 2.88. The van der Waals surface area contributed by atoms with Crippen LogP contribution in [0.25, 0.3) is 0 Å². The number of benzene rings is 2. The zero-order valence-electron chi connectivity index (χ0n) is 24.4. The van der Waals surface area contributed by atoms with Gasteiger partial charge in [0.25, 0.3) is 0 Å². The van der Waals surface area contributed by atoms with E-state index in [0.717, 1.165) is 48.1 Å². The number of alkyl halides is 1. The SMILES string of the molecule is Cc1ccc(NC(=O)Nc2cc(CCC(=O)OCOC(=O)CCCCBr)ccc2N(CC(C)C)CC(C)C)cc1. The summed E-state index contributed by atoms with van der Waals surface area (Å²) in [6.07, 6.45) is 2.44. The Morgan fingerprint density at radius 1 is 0.850 bits per heavy atom. The van der Waals surface area contributed by atoms with E-state index in [1.165, 1.54) is 0 Å². The summed E-state index contributed by atoms with van der Waals surface area (Å²) in [7, 11) is 0. The number of nitrogens with one attached hydrogen (secondary N) is 2. The van der Waals surface area contributed by atoms with Crippen LogP contribution in [0.15, 0.2) is 42.5 Å². The second-order valence-electron chi connectivity index (χ2n) is 10.8. The Kier molecular flexibility index (Phi) is 14.6. The molecule has 220 valence electrons. The molecule has 2 aromatic rings. The van der Waals surface area contributed by atoms with Gasteiger partial charge in [-0.05, 0) is 67.9 Å². The fourth-order valence-corrected chi connectivity index (χ4v) is 4.50. The van der Waals surface area contributed by atoms with Crippen LogP contribution in [0.1, 0.15) is 64.5 Å². The molecule has 0 saturated heterocycles. The first-order valence-corrected chi connectivity index (χ1v) is 15.1. The molecule has 0 atom stereocenters. The molecular formula is C31H44BrN3O5. The molecule has 2 rings (SSSR count). The van der Waals surface area contributed by atoms with E-state index in [1.54, 1.807) is 0 Å². The van der Waals surface area contributed by atoms with Crippen molar-refractivity contribution < 1.29 is 23.9 Å². The Balaban J connectivity index is 2.10. The molecule has 0 fully saturated rings. The third-order valence-electron chi connectivity index (χ3n) is 5.95. The summed E-state index contributed by atoms with van der Waals surface area (Å²) in [5, 5.41) is 6.76. The van der Waals surface area contributed by atoms with Gasteiger partial charge in [0.1, 0.15) is 0 Å². The zero-order chi connectivity index (χ0) is 29.5. The van der Waals surface area contributed by atoms with Crippen LogP contribution in [0.5, 0.6) is 0 Å². The van der Waals surface area contributed by atoms with Crippen molar-refractivity contribution in [2.24, 2.45) is 11.8 Å².